The summed E-state index contributed by atoms with van der Waals surface area (Å²) in [6, 6.07) is 6.05. The second-order valence-electron chi connectivity index (χ2n) is 8.40. The topological polar surface area (TPSA) is 73.1 Å². The second kappa shape index (κ2) is 10.7. The predicted octanol–water partition coefficient (Wildman–Crippen LogP) is 3.29. The van der Waals surface area contributed by atoms with Crippen LogP contribution in [0.2, 0.25) is 0 Å². The minimum Gasteiger partial charge on any atom is -0.493 e. The van der Waals surface area contributed by atoms with Crippen molar-refractivity contribution in [3.63, 3.8) is 0 Å². The average Bonchev–Trinajstić information content (AvgIpc) is 3.49. The molecule has 2 aromatic rings. The first-order chi connectivity index (χ1) is 15.7. The highest BCUT2D eigenvalue weighted by molar-refractivity contribution is 5.80. The number of ether oxygens (including phenoxy) is 3. The maximum atomic E-state index is 6.39. The van der Waals surface area contributed by atoms with Crippen LogP contribution in [-0.4, -0.2) is 60.1 Å². The third-order valence-corrected chi connectivity index (χ3v) is 6.06. The molecule has 2 heterocycles. The molecule has 1 aromatic heterocycles. The Morgan fingerprint density at radius 1 is 1.31 bits per heavy atom. The quantitative estimate of drug-likeness (QED) is 0.525. The Morgan fingerprint density at radius 3 is 2.88 bits per heavy atom. The van der Waals surface area contributed by atoms with Gasteiger partial charge in [0.25, 0.3) is 0 Å². The lowest BCUT2D eigenvalue weighted by molar-refractivity contribution is -0.00805. The zero-order valence-corrected chi connectivity index (χ0v) is 19.4. The van der Waals surface area contributed by atoms with Crippen molar-refractivity contribution in [1.29, 1.82) is 0 Å². The van der Waals surface area contributed by atoms with Gasteiger partial charge in [0.1, 0.15) is 6.10 Å². The first kappa shape index (κ1) is 22.5. The van der Waals surface area contributed by atoms with Crippen LogP contribution < -0.4 is 14.8 Å². The number of morpholine rings is 1. The maximum Gasteiger partial charge on any atom is 0.194 e. The molecule has 0 amide bonds. The number of aliphatic imine (C=N–C) groups is 1. The Balaban J connectivity index is 1.51. The van der Waals surface area contributed by atoms with E-state index < -0.39 is 0 Å². The highest BCUT2D eigenvalue weighted by atomic mass is 16.5. The van der Waals surface area contributed by atoms with E-state index in [4.69, 9.17) is 19.2 Å². The zero-order chi connectivity index (χ0) is 22.3. The second-order valence-corrected chi connectivity index (χ2v) is 8.40. The lowest BCUT2D eigenvalue weighted by Crippen LogP contribution is -2.48. The van der Waals surface area contributed by atoms with E-state index >= 15 is 0 Å². The van der Waals surface area contributed by atoms with Crippen LogP contribution in [0.3, 0.4) is 0 Å². The fraction of sp³-hybridized carbons (Fsp3) is 0.583. The van der Waals surface area contributed by atoms with Gasteiger partial charge in [-0.3, -0.25) is 4.68 Å². The van der Waals surface area contributed by atoms with Gasteiger partial charge < -0.3 is 24.4 Å². The van der Waals surface area contributed by atoms with Crippen LogP contribution >= 0.6 is 0 Å². The number of methoxy groups -OCH3 is 1. The summed E-state index contributed by atoms with van der Waals surface area (Å²) in [6.07, 6.45) is 8.81. The van der Waals surface area contributed by atoms with E-state index in [0.717, 1.165) is 61.1 Å². The molecular weight excluding hydrogens is 406 g/mol. The van der Waals surface area contributed by atoms with Crippen molar-refractivity contribution in [2.24, 2.45) is 12.0 Å². The number of nitrogens with zero attached hydrogens (tertiary/aromatic N) is 4. The van der Waals surface area contributed by atoms with Crippen molar-refractivity contribution < 1.29 is 14.2 Å². The SMILES string of the molecule is CCNC(=NCc1cccc(OC)c1OC1CCCC1)N1CCOC(c2cnn(C)c2)C1. The number of aromatic nitrogens is 2. The molecule has 1 N–H and O–H groups in total. The Labute approximate surface area is 190 Å². The van der Waals surface area contributed by atoms with Gasteiger partial charge in [-0.05, 0) is 38.7 Å². The van der Waals surface area contributed by atoms with Crippen molar-refractivity contribution in [3.05, 3.63) is 41.7 Å². The largest absolute Gasteiger partial charge is 0.493 e. The number of para-hydroxylation sites is 1. The Bertz CT molecular complexity index is 907. The summed E-state index contributed by atoms with van der Waals surface area (Å²) < 4.78 is 19.8. The molecule has 0 spiro atoms. The van der Waals surface area contributed by atoms with Crippen LogP contribution in [0.4, 0.5) is 0 Å². The highest BCUT2D eigenvalue weighted by Gasteiger charge is 2.25. The van der Waals surface area contributed by atoms with E-state index in [2.05, 4.69) is 28.3 Å². The van der Waals surface area contributed by atoms with Gasteiger partial charge in [-0.2, -0.15) is 5.10 Å². The fourth-order valence-electron chi connectivity index (χ4n) is 4.39. The van der Waals surface area contributed by atoms with E-state index in [-0.39, 0.29) is 12.2 Å². The van der Waals surface area contributed by atoms with Gasteiger partial charge in [-0.1, -0.05) is 12.1 Å². The normalized spacial score (nSPS) is 19.9. The molecule has 1 atom stereocenters. The molecule has 0 radical (unpaired) electrons. The first-order valence-corrected chi connectivity index (χ1v) is 11.6. The van der Waals surface area contributed by atoms with Crippen molar-refractivity contribution in [2.45, 2.75) is 51.4 Å². The number of rotatable bonds is 7. The molecule has 1 aliphatic heterocycles. The monoisotopic (exact) mass is 441 g/mol. The van der Waals surface area contributed by atoms with Gasteiger partial charge in [0.05, 0.1) is 39.1 Å². The Morgan fingerprint density at radius 2 is 2.16 bits per heavy atom. The van der Waals surface area contributed by atoms with Gasteiger partial charge in [0.2, 0.25) is 0 Å². The minimum atomic E-state index is -0.0145. The summed E-state index contributed by atoms with van der Waals surface area (Å²) in [5.74, 6) is 2.49. The molecule has 1 unspecified atom stereocenters. The van der Waals surface area contributed by atoms with Crippen LogP contribution in [0.1, 0.15) is 49.8 Å². The first-order valence-electron chi connectivity index (χ1n) is 11.6. The van der Waals surface area contributed by atoms with Crippen LogP contribution in [0.5, 0.6) is 11.5 Å². The molecule has 1 aliphatic carbocycles. The number of guanidine groups is 1. The summed E-state index contributed by atoms with van der Waals surface area (Å²) in [5.41, 5.74) is 2.14. The Hall–Kier alpha value is -2.74. The van der Waals surface area contributed by atoms with E-state index in [1.165, 1.54) is 12.8 Å². The molecule has 4 rings (SSSR count). The molecule has 0 bridgehead atoms. The molecule has 1 saturated carbocycles. The standard InChI is InChI=1S/C24H35N5O3/c1-4-25-24(29-12-13-31-22(17-29)19-15-27-28(2)16-19)26-14-18-8-7-11-21(30-3)23(18)32-20-9-5-6-10-20/h7-8,11,15-16,20,22H,4-6,9-10,12-14,17H2,1-3H3,(H,25,26). The van der Waals surface area contributed by atoms with Crippen LogP contribution in [0.15, 0.2) is 35.6 Å². The lowest BCUT2D eigenvalue weighted by Gasteiger charge is -2.34. The molecule has 2 aliphatic rings. The van der Waals surface area contributed by atoms with E-state index in [0.29, 0.717) is 13.2 Å². The number of nitrogens with one attached hydrogen (secondary N) is 1. The molecule has 32 heavy (non-hydrogen) atoms. The molecule has 1 aromatic carbocycles. The molecular formula is C24H35N5O3. The molecule has 174 valence electrons. The smallest absolute Gasteiger partial charge is 0.194 e. The average molecular weight is 442 g/mol. The minimum absolute atomic E-state index is 0.0145. The summed E-state index contributed by atoms with van der Waals surface area (Å²) in [5, 5.41) is 7.74. The number of benzene rings is 1. The summed E-state index contributed by atoms with van der Waals surface area (Å²) in [4.78, 5) is 7.24. The van der Waals surface area contributed by atoms with Gasteiger partial charge in [0.15, 0.2) is 17.5 Å². The predicted molar refractivity (Wildman–Crippen MR) is 124 cm³/mol. The van der Waals surface area contributed by atoms with Crippen molar-refractivity contribution in [3.8, 4) is 11.5 Å². The lowest BCUT2D eigenvalue weighted by atomic mass is 10.1. The summed E-state index contributed by atoms with van der Waals surface area (Å²) in [7, 11) is 3.62. The van der Waals surface area contributed by atoms with Crippen LogP contribution in [-0.2, 0) is 18.3 Å². The molecule has 2 fully saturated rings. The molecule has 8 heteroatoms. The third kappa shape index (κ3) is 5.35. The van der Waals surface area contributed by atoms with Crippen molar-refractivity contribution in [1.82, 2.24) is 20.0 Å². The van der Waals surface area contributed by atoms with Crippen LogP contribution in [0.25, 0.3) is 0 Å². The summed E-state index contributed by atoms with van der Waals surface area (Å²) in [6.45, 7) is 5.61. The Kier molecular flexibility index (Phi) is 7.52. The maximum absolute atomic E-state index is 6.39. The third-order valence-electron chi connectivity index (χ3n) is 6.06. The number of hydrogen-bond acceptors (Lipinski definition) is 5. The van der Waals surface area contributed by atoms with Gasteiger partial charge >= 0.3 is 0 Å². The van der Waals surface area contributed by atoms with Crippen LogP contribution in [0, 0.1) is 0 Å². The molecule has 1 saturated heterocycles. The zero-order valence-electron chi connectivity index (χ0n) is 19.4. The van der Waals surface area contributed by atoms with Crippen molar-refractivity contribution >= 4 is 5.96 Å². The number of aryl methyl sites for hydroxylation is 1. The fourth-order valence-corrected chi connectivity index (χ4v) is 4.39. The molecule has 8 nitrogen and oxygen atoms in total. The van der Waals surface area contributed by atoms with E-state index in [1.807, 2.05) is 36.3 Å². The number of hydrogen-bond donors (Lipinski definition) is 1. The van der Waals surface area contributed by atoms with Gasteiger partial charge in [-0.25, -0.2) is 4.99 Å². The summed E-state index contributed by atoms with van der Waals surface area (Å²) >= 11 is 0. The van der Waals surface area contributed by atoms with Gasteiger partial charge in [0, 0.05) is 37.5 Å². The van der Waals surface area contributed by atoms with E-state index in [1.54, 1.807) is 7.11 Å². The highest BCUT2D eigenvalue weighted by Crippen LogP contribution is 2.35. The van der Waals surface area contributed by atoms with Crippen molar-refractivity contribution in [2.75, 3.05) is 33.4 Å². The van der Waals surface area contributed by atoms with E-state index in [9.17, 15) is 0 Å². The van der Waals surface area contributed by atoms with Gasteiger partial charge in [-0.15, -0.1) is 0 Å².